The fraction of sp³-hybridized carbons (Fsp3) is 0.500. The van der Waals surface area contributed by atoms with Crippen molar-refractivity contribution in [1.29, 1.82) is 0 Å². The fourth-order valence-electron chi connectivity index (χ4n) is 2.16. The minimum absolute atomic E-state index is 0.542. The van der Waals surface area contributed by atoms with Crippen LogP contribution in [-0.4, -0.2) is 14.5 Å². The Morgan fingerprint density at radius 1 is 1.19 bits per heavy atom. The SMILES string of the molecule is CCc1nc2c(N)nc(C)c(C)c2n1CC. The number of aromatic nitrogens is 3. The molecule has 0 fully saturated rings. The van der Waals surface area contributed by atoms with E-state index in [1.165, 1.54) is 5.56 Å². The van der Waals surface area contributed by atoms with Gasteiger partial charge in [0.25, 0.3) is 0 Å². The van der Waals surface area contributed by atoms with Crippen LogP contribution in [0.25, 0.3) is 11.0 Å². The molecule has 0 saturated heterocycles. The summed E-state index contributed by atoms with van der Waals surface area (Å²) in [5.74, 6) is 1.62. The molecule has 4 heteroatoms. The molecular weight excluding hydrogens is 200 g/mol. The van der Waals surface area contributed by atoms with Crippen LogP contribution in [-0.2, 0) is 13.0 Å². The van der Waals surface area contributed by atoms with Gasteiger partial charge in [0.1, 0.15) is 11.3 Å². The number of aryl methyl sites for hydroxylation is 4. The lowest BCUT2D eigenvalue weighted by Gasteiger charge is -2.08. The van der Waals surface area contributed by atoms with E-state index in [-0.39, 0.29) is 0 Å². The quantitative estimate of drug-likeness (QED) is 0.840. The number of hydrogen-bond donors (Lipinski definition) is 1. The van der Waals surface area contributed by atoms with E-state index in [0.717, 1.165) is 35.5 Å². The molecule has 4 nitrogen and oxygen atoms in total. The first-order valence-corrected chi connectivity index (χ1v) is 5.71. The third kappa shape index (κ3) is 1.37. The van der Waals surface area contributed by atoms with Gasteiger partial charge in [0, 0.05) is 18.7 Å². The molecule has 0 spiro atoms. The van der Waals surface area contributed by atoms with E-state index in [4.69, 9.17) is 5.73 Å². The van der Waals surface area contributed by atoms with E-state index in [0.29, 0.717) is 5.82 Å². The first-order valence-electron chi connectivity index (χ1n) is 5.71. The van der Waals surface area contributed by atoms with Crippen LogP contribution in [0, 0.1) is 13.8 Å². The first-order chi connectivity index (χ1) is 7.60. The largest absolute Gasteiger partial charge is 0.382 e. The minimum Gasteiger partial charge on any atom is -0.382 e. The van der Waals surface area contributed by atoms with Gasteiger partial charge in [0.2, 0.25) is 0 Å². The molecule has 0 atom stereocenters. The molecule has 0 amide bonds. The Hall–Kier alpha value is -1.58. The lowest BCUT2D eigenvalue weighted by molar-refractivity contribution is 0.724. The summed E-state index contributed by atoms with van der Waals surface area (Å²) in [5, 5.41) is 0. The van der Waals surface area contributed by atoms with Crippen molar-refractivity contribution < 1.29 is 0 Å². The average Bonchev–Trinajstić information content (AvgIpc) is 2.64. The highest BCUT2D eigenvalue weighted by molar-refractivity contribution is 5.88. The predicted octanol–water partition coefficient (Wildman–Crippen LogP) is 2.21. The normalized spacial score (nSPS) is 11.2. The molecule has 0 aliphatic heterocycles. The maximum Gasteiger partial charge on any atom is 0.151 e. The fourth-order valence-corrected chi connectivity index (χ4v) is 2.16. The minimum atomic E-state index is 0.542. The summed E-state index contributed by atoms with van der Waals surface area (Å²) < 4.78 is 2.23. The van der Waals surface area contributed by atoms with Gasteiger partial charge in [-0.2, -0.15) is 0 Å². The van der Waals surface area contributed by atoms with E-state index in [1.54, 1.807) is 0 Å². The smallest absolute Gasteiger partial charge is 0.151 e. The van der Waals surface area contributed by atoms with Gasteiger partial charge in [-0.3, -0.25) is 0 Å². The van der Waals surface area contributed by atoms with Crippen molar-refractivity contribution in [3.05, 3.63) is 17.1 Å². The van der Waals surface area contributed by atoms with Gasteiger partial charge in [0.05, 0.1) is 5.52 Å². The maximum atomic E-state index is 5.93. The van der Waals surface area contributed by atoms with Gasteiger partial charge in [-0.1, -0.05) is 6.92 Å². The highest BCUT2D eigenvalue weighted by Gasteiger charge is 2.15. The summed E-state index contributed by atoms with van der Waals surface area (Å²) in [4.78, 5) is 8.91. The van der Waals surface area contributed by atoms with Crippen LogP contribution in [0.15, 0.2) is 0 Å². The summed E-state index contributed by atoms with van der Waals surface area (Å²) in [7, 11) is 0. The molecular formula is C12H18N4. The Labute approximate surface area is 95.5 Å². The van der Waals surface area contributed by atoms with Crippen LogP contribution in [0.1, 0.15) is 30.9 Å². The molecule has 0 radical (unpaired) electrons. The van der Waals surface area contributed by atoms with Gasteiger partial charge in [0.15, 0.2) is 5.82 Å². The van der Waals surface area contributed by atoms with Crippen molar-refractivity contribution in [3.8, 4) is 0 Å². The number of anilines is 1. The van der Waals surface area contributed by atoms with Crippen LogP contribution in [0.3, 0.4) is 0 Å². The van der Waals surface area contributed by atoms with Crippen molar-refractivity contribution in [2.45, 2.75) is 40.7 Å². The zero-order valence-electron chi connectivity index (χ0n) is 10.3. The van der Waals surface area contributed by atoms with Crippen molar-refractivity contribution in [1.82, 2.24) is 14.5 Å². The summed E-state index contributed by atoms with van der Waals surface area (Å²) in [6, 6.07) is 0. The molecule has 2 aromatic rings. The second-order valence-corrected chi connectivity index (χ2v) is 4.03. The van der Waals surface area contributed by atoms with Crippen LogP contribution < -0.4 is 5.73 Å². The lowest BCUT2D eigenvalue weighted by atomic mass is 10.2. The van der Waals surface area contributed by atoms with Gasteiger partial charge in [-0.15, -0.1) is 0 Å². The first kappa shape index (κ1) is 10.9. The van der Waals surface area contributed by atoms with Gasteiger partial charge < -0.3 is 10.3 Å². The lowest BCUT2D eigenvalue weighted by Crippen LogP contribution is -2.03. The van der Waals surface area contributed by atoms with Gasteiger partial charge in [-0.25, -0.2) is 9.97 Å². The third-order valence-corrected chi connectivity index (χ3v) is 3.11. The maximum absolute atomic E-state index is 5.93. The standard InChI is InChI=1S/C12H18N4/c1-5-9-15-10-11(16(9)6-2)7(3)8(4)14-12(10)13/h5-6H2,1-4H3,(H2,13,14). The molecule has 2 heterocycles. The Kier molecular flexibility index (Phi) is 2.58. The molecule has 16 heavy (non-hydrogen) atoms. The Morgan fingerprint density at radius 3 is 2.44 bits per heavy atom. The van der Waals surface area contributed by atoms with Crippen molar-refractivity contribution in [2.24, 2.45) is 0 Å². The average molecular weight is 218 g/mol. The Balaban J connectivity index is 2.92. The molecule has 2 aromatic heterocycles. The summed E-state index contributed by atoms with van der Waals surface area (Å²) >= 11 is 0. The molecule has 0 unspecified atom stereocenters. The number of imidazole rings is 1. The number of rotatable bonds is 2. The summed E-state index contributed by atoms with van der Waals surface area (Å²) in [5.41, 5.74) is 10.1. The van der Waals surface area contributed by atoms with Gasteiger partial charge in [-0.05, 0) is 26.3 Å². The molecule has 0 saturated carbocycles. The molecule has 86 valence electrons. The molecule has 2 rings (SSSR count). The Morgan fingerprint density at radius 2 is 1.88 bits per heavy atom. The predicted molar refractivity (Wildman–Crippen MR) is 66.5 cm³/mol. The molecule has 0 aromatic carbocycles. The van der Waals surface area contributed by atoms with Crippen molar-refractivity contribution in [2.75, 3.05) is 5.73 Å². The number of fused-ring (bicyclic) bond motifs is 1. The molecule has 0 bridgehead atoms. The number of nitrogen functional groups attached to an aromatic ring is 1. The highest BCUT2D eigenvalue weighted by Crippen LogP contribution is 2.25. The zero-order chi connectivity index (χ0) is 11.9. The van der Waals surface area contributed by atoms with Crippen molar-refractivity contribution in [3.63, 3.8) is 0 Å². The Bertz CT molecular complexity index is 540. The second-order valence-electron chi connectivity index (χ2n) is 4.03. The second kappa shape index (κ2) is 3.77. The summed E-state index contributed by atoms with van der Waals surface area (Å²) in [6.07, 6.45) is 0.917. The van der Waals surface area contributed by atoms with Crippen LogP contribution in [0.5, 0.6) is 0 Å². The number of hydrogen-bond acceptors (Lipinski definition) is 3. The topological polar surface area (TPSA) is 56.7 Å². The number of nitrogens with two attached hydrogens (primary N) is 1. The van der Waals surface area contributed by atoms with E-state index >= 15 is 0 Å². The van der Waals surface area contributed by atoms with Gasteiger partial charge >= 0.3 is 0 Å². The van der Waals surface area contributed by atoms with E-state index in [2.05, 4.69) is 35.3 Å². The highest BCUT2D eigenvalue weighted by atomic mass is 15.1. The van der Waals surface area contributed by atoms with Crippen LogP contribution >= 0.6 is 0 Å². The monoisotopic (exact) mass is 218 g/mol. The summed E-state index contributed by atoms with van der Waals surface area (Å²) in [6.45, 7) is 9.23. The number of pyridine rings is 1. The van der Waals surface area contributed by atoms with E-state index in [9.17, 15) is 0 Å². The van der Waals surface area contributed by atoms with Crippen LogP contribution in [0.4, 0.5) is 5.82 Å². The van der Waals surface area contributed by atoms with E-state index < -0.39 is 0 Å². The van der Waals surface area contributed by atoms with Crippen molar-refractivity contribution >= 4 is 16.9 Å². The molecule has 0 aliphatic rings. The van der Waals surface area contributed by atoms with Crippen LogP contribution in [0.2, 0.25) is 0 Å². The zero-order valence-corrected chi connectivity index (χ0v) is 10.3. The molecule has 0 aliphatic carbocycles. The van der Waals surface area contributed by atoms with E-state index in [1.807, 2.05) is 6.92 Å². The molecule has 2 N–H and O–H groups in total. The number of nitrogens with zero attached hydrogens (tertiary/aromatic N) is 3. The third-order valence-electron chi connectivity index (χ3n) is 3.11.